The van der Waals surface area contributed by atoms with Crippen molar-refractivity contribution in [1.29, 1.82) is 0 Å². The number of carbonyl (C=O) groups is 1. The van der Waals surface area contributed by atoms with Gasteiger partial charge in [0, 0.05) is 11.3 Å². The van der Waals surface area contributed by atoms with Crippen molar-refractivity contribution in [3.8, 4) is 0 Å². The average Bonchev–Trinajstić information content (AvgIpc) is 1.84. The van der Waals surface area contributed by atoms with Gasteiger partial charge in [-0.1, -0.05) is 27.2 Å². The number of ketones is 1. The van der Waals surface area contributed by atoms with E-state index in [4.69, 9.17) is 0 Å². The first-order valence-corrected chi connectivity index (χ1v) is 4.62. The molecule has 1 aliphatic carbocycles. The van der Waals surface area contributed by atoms with E-state index in [1.807, 2.05) is 0 Å². The molecule has 0 heterocycles. The number of carbonyl (C=O) groups excluding carboxylic acids is 1. The predicted molar refractivity (Wildman–Crippen MR) is 46.4 cm³/mol. The zero-order valence-electron chi connectivity index (χ0n) is 7.81. The van der Waals surface area contributed by atoms with E-state index >= 15 is 0 Å². The van der Waals surface area contributed by atoms with Crippen LogP contribution >= 0.6 is 0 Å². The molecule has 11 heavy (non-hydrogen) atoms. The predicted octanol–water partition coefficient (Wildman–Crippen LogP) is 2.79. The highest BCUT2D eigenvalue weighted by Gasteiger charge is 2.34. The van der Waals surface area contributed by atoms with Crippen LogP contribution in [0.2, 0.25) is 0 Å². The molecule has 0 N–H and O–H groups in total. The van der Waals surface area contributed by atoms with Crippen LogP contribution in [0.25, 0.3) is 0 Å². The van der Waals surface area contributed by atoms with Gasteiger partial charge in [0.2, 0.25) is 0 Å². The summed E-state index contributed by atoms with van der Waals surface area (Å²) in [7, 11) is 0. The van der Waals surface area contributed by atoms with Gasteiger partial charge in [-0.15, -0.1) is 0 Å². The molecule has 1 nitrogen and oxygen atoms in total. The van der Waals surface area contributed by atoms with Crippen LogP contribution in [0, 0.1) is 11.3 Å². The van der Waals surface area contributed by atoms with Crippen molar-refractivity contribution in [3.63, 3.8) is 0 Å². The normalized spacial score (nSPS) is 19.5. The number of rotatable bonds is 3. The number of Topliss-reactive ketones (excluding diaryl/α,β-unsaturated/α-hetero) is 1. The third kappa shape index (κ3) is 1.63. The fraction of sp³-hybridized carbons (Fsp3) is 0.900. The lowest BCUT2D eigenvalue weighted by molar-refractivity contribution is -0.133. The maximum absolute atomic E-state index is 11.7. The molecule has 0 aromatic rings. The van der Waals surface area contributed by atoms with Gasteiger partial charge in [0.25, 0.3) is 0 Å². The van der Waals surface area contributed by atoms with E-state index in [1.54, 1.807) is 0 Å². The van der Waals surface area contributed by atoms with E-state index in [1.165, 1.54) is 6.42 Å². The zero-order valence-corrected chi connectivity index (χ0v) is 7.81. The van der Waals surface area contributed by atoms with Crippen molar-refractivity contribution in [1.82, 2.24) is 0 Å². The van der Waals surface area contributed by atoms with E-state index < -0.39 is 0 Å². The average molecular weight is 154 g/mol. The van der Waals surface area contributed by atoms with Crippen molar-refractivity contribution >= 4 is 5.78 Å². The Morgan fingerprint density at radius 3 is 2.27 bits per heavy atom. The second-order valence-electron chi connectivity index (χ2n) is 4.23. The van der Waals surface area contributed by atoms with Crippen LogP contribution in [0.15, 0.2) is 0 Å². The molecular weight excluding hydrogens is 136 g/mol. The molecule has 0 amide bonds. The highest BCUT2D eigenvalue weighted by molar-refractivity contribution is 5.86. The second-order valence-corrected chi connectivity index (χ2v) is 4.23. The molecule has 0 aromatic heterocycles. The smallest absolute Gasteiger partial charge is 0.141 e. The van der Waals surface area contributed by atoms with E-state index in [0.29, 0.717) is 11.7 Å². The molecule has 0 aromatic carbocycles. The summed E-state index contributed by atoms with van der Waals surface area (Å²) in [5.74, 6) is 0.899. The van der Waals surface area contributed by atoms with Crippen LogP contribution in [-0.2, 0) is 4.79 Å². The Kier molecular flexibility index (Phi) is 2.36. The number of hydrogen-bond donors (Lipinski definition) is 0. The Labute approximate surface area is 69.2 Å². The van der Waals surface area contributed by atoms with Gasteiger partial charge in [0.15, 0.2) is 0 Å². The molecule has 1 aliphatic rings. The molecule has 0 radical (unpaired) electrons. The number of hydrogen-bond acceptors (Lipinski definition) is 1. The Balaban J connectivity index is 2.51. The third-order valence-electron chi connectivity index (χ3n) is 3.03. The zero-order chi connectivity index (χ0) is 8.48. The maximum Gasteiger partial charge on any atom is 0.141 e. The van der Waals surface area contributed by atoms with Gasteiger partial charge >= 0.3 is 0 Å². The van der Waals surface area contributed by atoms with Crippen LogP contribution in [0.3, 0.4) is 0 Å². The molecule has 64 valence electrons. The van der Waals surface area contributed by atoms with Gasteiger partial charge in [0.1, 0.15) is 5.78 Å². The molecule has 0 unspecified atom stereocenters. The Morgan fingerprint density at radius 2 is 2.00 bits per heavy atom. The summed E-state index contributed by atoms with van der Waals surface area (Å²) in [5, 5.41) is 0. The summed E-state index contributed by atoms with van der Waals surface area (Å²) in [6.45, 7) is 6.22. The minimum Gasteiger partial charge on any atom is -0.299 e. The Bertz CT molecular complexity index is 154. The summed E-state index contributed by atoms with van der Waals surface area (Å²) in [5.41, 5.74) is -0.0644. The second kappa shape index (κ2) is 2.96. The van der Waals surface area contributed by atoms with Gasteiger partial charge in [-0.25, -0.2) is 0 Å². The lowest BCUT2D eigenvalue weighted by Gasteiger charge is -2.32. The largest absolute Gasteiger partial charge is 0.299 e. The standard InChI is InChI=1S/C10H18O/c1-4-10(2,3)9(11)8-6-5-7-8/h8H,4-7H2,1-3H3. The molecule has 1 saturated carbocycles. The molecule has 1 heteroatoms. The van der Waals surface area contributed by atoms with Crippen LogP contribution in [0.5, 0.6) is 0 Å². The van der Waals surface area contributed by atoms with E-state index in [2.05, 4.69) is 20.8 Å². The first kappa shape index (κ1) is 8.76. The third-order valence-corrected chi connectivity index (χ3v) is 3.03. The highest BCUT2D eigenvalue weighted by atomic mass is 16.1. The Hall–Kier alpha value is -0.330. The van der Waals surface area contributed by atoms with Crippen LogP contribution in [0.1, 0.15) is 46.5 Å². The monoisotopic (exact) mass is 154 g/mol. The van der Waals surface area contributed by atoms with Crippen LogP contribution < -0.4 is 0 Å². The topological polar surface area (TPSA) is 17.1 Å². The first-order chi connectivity index (χ1) is 5.08. The lowest BCUT2D eigenvalue weighted by atomic mass is 9.71. The van der Waals surface area contributed by atoms with Gasteiger partial charge in [-0.05, 0) is 19.3 Å². The molecule has 0 spiro atoms. The quantitative estimate of drug-likeness (QED) is 0.611. The van der Waals surface area contributed by atoms with Gasteiger partial charge in [0.05, 0.1) is 0 Å². The maximum atomic E-state index is 11.7. The molecule has 0 atom stereocenters. The molecule has 0 aliphatic heterocycles. The summed E-state index contributed by atoms with van der Waals surface area (Å²) < 4.78 is 0. The van der Waals surface area contributed by atoms with Crippen molar-refractivity contribution in [2.45, 2.75) is 46.5 Å². The summed E-state index contributed by atoms with van der Waals surface area (Å²) in [6.07, 6.45) is 4.52. The highest BCUT2D eigenvalue weighted by Crippen LogP contribution is 2.35. The minimum absolute atomic E-state index is 0.0644. The van der Waals surface area contributed by atoms with Crippen molar-refractivity contribution in [3.05, 3.63) is 0 Å². The summed E-state index contributed by atoms with van der Waals surface area (Å²) in [6, 6.07) is 0. The Morgan fingerprint density at radius 1 is 1.45 bits per heavy atom. The molecule has 0 bridgehead atoms. The van der Waals surface area contributed by atoms with Gasteiger partial charge < -0.3 is 0 Å². The lowest BCUT2D eigenvalue weighted by Crippen LogP contribution is -2.34. The van der Waals surface area contributed by atoms with Crippen molar-refractivity contribution < 1.29 is 4.79 Å². The fourth-order valence-corrected chi connectivity index (χ4v) is 1.40. The minimum atomic E-state index is -0.0644. The molecule has 1 fully saturated rings. The van der Waals surface area contributed by atoms with Crippen molar-refractivity contribution in [2.75, 3.05) is 0 Å². The SMILES string of the molecule is CCC(C)(C)C(=O)C1CCC1. The van der Waals surface area contributed by atoms with Crippen LogP contribution in [-0.4, -0.2) is 5.78 Å². The molecule has 1 rings (SSSR count). The summed E-state index contributed by atoms with van der Waals surface area (Å²) >= 11 is 0. The fourth-order valence-electron chi connectivity index (χ4n) is 1.40. The van der Waals surface area contributed by atoms with Crippen LogP contribution in [0.4, 0.5) is 0 Å². The van der Waals surface area contributed by atoms with Gasteiger partial charge in [-0.2, -0.15) is 0 Å². The van der Waals surface area contributed by atoms with Crippen molar-refractivity contribution in [2.24, 2.45) is 11.3 Å². The molecule has 0 saturated heterocycles. The van der Waals surface area contributed by atoms with E-state index in [9.17, 15) is 4.79 Å². The molecular formula is C10H18O. The van der Waals surface area contributed by atoms with E-state index in [0.717, 1.165) is 19.3 Å². The van der Waals surface area contributed by atoms with Gasteiger partial charge in [-0.3, -0.25) is 4.79 Å². The van der Waals surface area contributed by atoms with E-state index in [-0.39, 0.29) is 5.41 Å². The first-order valence-electron chi connectivity index (χ1n) is 4.62. The summed E-state index contributed by atoms with van der Waals surface area (Å²) in [4.78, 5) is 11.7.